The minimum atomic E-state index is -0.950. The molecule has 1 aromatic carbocycles. The molecule has 0 aliphatic carbocycles. The van der Waals surface area contributed by atoms with Crippen molar-refractivity contribution >= 4 is 23.5 Å². The summed E-state index contributed by atoms with van der Waals surface area (Å²) >= 11 is 1.03. The highest BCUT2D eigenvalue weighted by atomic mass is 32.2. The molecule has 16 heavy (non-hydrogen) atoms. The molecule has 0 saturated carbocycles. The van der Waals surface area contributed by atoms with Crippen LogP contribution in [0.3, 0.4) is 0 Å². The first kappa shape index (κ1) is 12.7. The number of aryl methyl sites for hydroxylation is 1. The fourth-order valence-electron chi connectivity index (χ4n) is 1.25. The molecule has 0 fully saturated rings. The van der Waals surface area contributed by atoms with Gasteiger partial charge >= 0.3 is 5.97 Å². The molecule has 86 valence electrons. The van der Waals surface area contributed by atoms with Gasteiger partial charge in [-0.2, -0.15) is 0 Å². The number of rotatable bonds is 5. The van der Waals surface area contributed by atoms with Crippen LogP contribution in [-0.2, 0) is 4.79 Å². The normalized spacial score (nSPS) is 10.1. The maximum atomic E-state index is 12.8. The number of carbonyl (C=O) groups excluding carboxylic acids is 1. The summed E-state index contributed by atoms with van der Waals surface area (Å²) in [5.74, 6) is -1.52. The van der Waals surface area contributed by atoms with E-state index in [1.54, 1.807) is 6.92 Å². The second kappa shape index (κ2) is 5.65. The van der Waals surface area contributed by atoms with Crippen molar-refractivity contribution in [2.45, 2.75) is 6.92 Å². The molecular weight excluding hydrogens is 231 g/mol. The first-order valence-corrected chi connectivity index (χ1v) is 5.75. The lowest BCUT2D eigenvalue weighted by atomic mass is 10.1. The lowest BCUT2D eigenvalue weighted by molar-refractivity contribution is -0.133. The maximum absolute atomic E-state index is 12.8. The number of carboxylic acid groups (broad SMARTS) is 1. The first-order valence-electron chi connectivity index (χ1n) is 4.59. The number of carboxylic acids is 1. The lowest BCUT2D eigenvalue weighted by Crippen LogP contribution is -2.08. The van der Waals surface area contributed by atoms with Crippen molar-refractivity contribution in [3.63, 3.8) is 0 Å². The third-order valence-electron chi connectivity index (χ3n) is 1.95. The van der Waals surface area contributed by atoms with E-state index in [2.05, 4.69) is 0 Å². The summed E-state index contributed by atoms with van der Waals surface area (Å²) in [5.41, 5.74) is 1.01. The van der Waals surface area contributed by atoms with Gasteiger partial charge in [0.1, 0.15) is 5.82 Å². The molecule has 1 rings (SSSR count). The van der Waals surface area contributed by atoms with Gasteiger partial charge < -0.3 is 5.11 Å². The number of ketones is 1. The van der Waals surface area contributed by atoms with Gasteiger partial charge in [-0.15, -0.1) is 11.8 Å². The average Bonchev–Trinajstić information content (AvgIpc) is 2.16. The van der Waals surface area contributed by atoms with E-state index in [9.17, 15) is 14.0 Å². The van der Waals surface area contributed by atoms with E-state index in [0.717, 1.165) is 11.8 Å². The Kier molecular flexibility index (Phi) is 4.49. The Bertz CT molecular complexity index is 418. The van der Waals surface area contributed by atoms with Crippen molar-refractivity contribution in [2.24, 2.45) is 0 Å². The predicted molar refractivity (Wildman–Crippen MR) is 60.4 cm³/mol. The molecule has 0 bridgehead atoms. The zero-order chi connectivity index (χ0) is 12.1. The van der Waals surface area contributed by atoms with Crippen LogP contribution in [0.2, 0.25) is 0 Å². The Labute approximate surface area is 96.7 Å². The monoisotopic (exact) mass is 242 g/mol. The van der Waals surface area contributed by atoms with Crippen LogP contribution in [0.5, 0.6) is 0 Å². The highest BCUT2D eigenvalue weighted by molar-refractivity contribution is 8.00. The minimum Gasteiger partial charge on any atom is -0.481 e. The maximum Gasteiger partial charge on any atom is 0.313 e. The molecule has 0 amide bonds. The molecular formula is C11H11FO3S. The number of thioether (sulfide) groups is 1. The molecule has 0 radical (unpaired) electrons. The van der Waals surface area contributed by atoms with Gasteiger partial charge in [0.15, 0.2) is 5.78 Å². The Morgan fingerprint density at radius 2 is 2.06 bits per heavy atom. The largest absolute Gasteiger partial charge is 0.481 e. The highest BCUT2D eigenvalue weighted by Gasteiger charge is 2.10. The number of hydrogen-bond acceptors (Lipinski definition) is 3. The quantitative estimate of drug-likeness (QED) is 0.804. The molecule has 0 saturated heterocycles. The number of aliphatic carboxylic acids is 1. The zero-order valence-corrected chi connectivity index (χ0v) is 9.51. The van der Waals surface area contributed by atoms with Crippen molar-refractivity contribution < 1.29 is 19.1 Å². The Morgan fingerprint density at radius 3 is 2.62 bits per heavy atom. The average molecular weight is 242 g/mol. The molecule has 0 atom stereocenters. The Morgan fingerprint density at radius 1 is 1.38 bits per heavy atom. The van der Waals surface area contributed by atoms with Crippen molar-refractivity contribution in [2.75, 3.05) is 11.5 Å². The van der Waals surface area contributed by atoms with Gasteiger partial charge in [-0.1, -0.05) is 0 Å². The molecule has 0 aromatic heterocycles. The van der Waals surface area contributed by atoms with Crippen LogP contribution in [0.25, 0.3) is 0 Å². The van der Waals surface area contributed by atoms with Gasteiger partial charge in [-0.05, 0) is 30.7 Å². The first-order chi connectivity index (χ1) is 7.50. The molecule has 0 aliphatic heterocycles. The minimum absolute atomic E-state index is 0.0960. The molecule has 0 spiro atoms. The Hall–Kier alpha value is -1.36. The Balaban J connectivity index is 2.63. The molecule has 1 aromatic rings. The van der Waals surface area contributed by atoms with Crippen LogP contribution in [0.15, 0.2) is 18.2 Å². The van der Waals surface area contributed by atoms with Crippen molar-refractivity contribution in [3.05, 3.63) is 35.1 Å². The van der Waals surface area contributed by atoms with Gasteiger partial charge in [0, 0.05) is 5.56 Å². The molecule has 3 nitrogen and oxygen atoms in total. The molecule has 1 N–H and O–H groups in total. The van der Waals surface area contributed by atoms with Gasteiger partial charge in [-0.3, -0.25) is 9.59 Å². The van der Waals surface area contributed by atoms with E-state index in [4.69, 9.17) is 5.11 Å². The topological polar surface area (TPSA) is 54.4 Å². The van der Waals surface area contributed by atoms with Crippen LogP contribution < -0.4 is 0 Å². The smallest absolute Gasteiger partial charge is 0.313 e. The molecule has 0 heterocycles. The highest BCUT2D eigenvalue weighted by Crippen LogP contribution is 2.13. The fraction of sp³-hybridized carbons (Fsp3) is 0.273. The summed E-state index contributed by atoms with van der Waals surface area (Å²) in [5, 5.41) is 8.41. The zero-order valence-electron chi connectivity index (χ0n) is 8.70. The van der Waals surface area contributed by atoms with Crippen LogP contribution in [-0.4, -0.2) is 28.4 Å². The van der Waals surface area contributed by atoms with Crippen LogP contribution in [0.1, 0.15) is 15.9 Å². The van der Waals surface area contributed by atoms with Gasteiger partial charge in [-0.25, -0.2) is 4.39 Å². The van der Waals surface area contributed by atoms with Crippen molar-refractivity contribution in [1.29, 1.82) is 0 Å². The van der Waals surface area contributed by atoms with E-state index >= 15 is 0 Å². The molecule has 0 aliphatic rings. The number of benzene rings is 1. The summed E-state index contributed by atoms with van der Waals surface area (Å²) in [6, 6.07) is 3.94. The van der Waals surface area contributed by atoms with Crippen LogP contribution >= 0.6 is 11.8 Å². The number of hydrogen-bond donors (Lipinski definition) is 1. The summed E-state index contributed by atoms with van der Waals surface area (Å²) in [4.78, 5) is 21.9. The third kappa shape index (κ3) is 3.66. The van der Waals surface area contributed by atoms with Crippen molar-refractivity contribution in [1.82, 2.24) is 0 Å². The predicted octanol–water partition coefficient (Wildman–Crippen LogP) is 2.13. The molecule has 0 unspecified atom stereocenters. The van der Waals surface area contributed by atoms with E-state index in [1.807, 2.05) is 0 Å². The molecule has 5 heteroatoms. The summed E-state index contributed by atoms with van der Waals surface area (Å²) in [7, 11) is 0. The van der Waals surface area contributed by atoms with Crippen LogP contribution in [0.4, 0.5) is 4.39 Å². The summed E-state index contributed by atoms with van der Waals surface area (Å²) in [6.45, 7) is 1.65. The standard InChI is InChI=1S/C11H11FO3S/c1-7-4-8(12)2-3-9(7)10(13)5-16-6-11(14)15/h2-4H,5-6H2,1H3,(H,14,15). The van der Waals surface area contributed by atoms with E-state index < -0.39 is 5.97 Å². The van der Waals surface area contributed by atoms with Gasteiger partial charge in [0.05, 0.1) is 11.5 Å². The summed E-state index contributed by atoms with van der Waals surface area (Å²) in [6.07, 6.45) is 0. The third-order valence-corrected chi connectivity index (χ3v) is 2.86. The van der Waals surface area contributed by atoms with E-state index in [0.29, 0.717) is 11.1 Å². The second-order valence-electron chi connectivity index (χ2n) is 3.27. The van der Waals surface area contributed by atoms with E-state index in [-0.39, 0.29) is 23.1 Å². The van der Waals surface area contributed by atoms with Crippen LogP contribution in [0, 0.1) is 12.7 Å². The number of Topliss-reactive ketones (excluding diaryl/α,β-unsaturated/α-hetero) is 1. The number of carbonyl (C=O) groups is 2. The fourth-order valence-corrected chi connectivity index (χ4v) is 1.87. The second-order valence-corrected chi connectivity index (χ2v) is 4.25. The number of halogens is 1. The SMILES string of the molecule is Cc1cc(F)ccc1C(=O)CSCC(=O)O. The van der Waals surface area contributed by atoms with Gasteiger partial charge in [0.2, 0.25) is 0 Å². The lowest BCUT2D eigenvalue weighted by Gasteiger charge is -2.04. The van der Waals surface area contributed by atoms with E-state index in [1.165, 1.54) is 18.2 Å². The van der Waals surface area contributed by atoms with Gasteiger partial charge in [0.25, 0.3) is 0 Å². The van der Waals surface area contributed by atoms with Crippen molar-refractivity contribution in [3.8, 4) is 0 Å². The summed E-state index contributed by atoms with van der Waals surface area (Å²) < 4.78 is 12.8.